The summed E-state index contributed by atoms with van der Waals surface area (Å²) in [6, 6.07) is 0.264. The van der Waals surface area contributed by atoms with Crippen LogP contribution < -0.4 is 5.32 Å². The van der Waals surface area contributed by atoms with Crippen LogP contribution in [-0.4, -0.2) is 23.3 Å². The van der Waals surface area contributed by atoms with Gasteiger partial charge in [0.1, 0.15) is 0 Å². The molecular formula is C9H17NO. The first kappa shape index (κ1) is 8.75. The van der Waals surface area contributed by atoms with Gasteiger partial charge in [0, 0.05) is 12.6 Å². The fourth-order valence-corrected chi connectivity index (χ4v) is 1.70. The van der Waals surface area contributed by atoms with Crippen LogP contribution in [0.4, 0.5) is 0 Å². The standard InChI is InChI=1S/C9H17NO/c1-3-7-10-8-5-4-6-9(8,2)11/h3,8,10-11H,1,4-7H2,2H3. The molecule has 2 heteroatoms. The van der Waals surface area contributed by atoms with E-state index in [-0.39, 0.29) is 6.04 Å². The minimum Gasteiger partial charge on any atom is -0.389 e. The summed E-state index contributed by atoms with van der Waals surface area (Å²) in [4.78, 5) is 0. The van der Waals surface area contributed by atoms with Gasteiger partial charge in [-0.15, -0.1) is 6.58 Å². The second-order valence-corrected chi connectivity index (χ2v) is 3.50. The zero-order chi connectivity index (χ0) is 8.32. The van der Waals surface area contributed by atoms with Gasteiger partial charge in [-0.1, -0.05) is 6.08 Å². The van der Waals surface area contributed by atoms with Crippen LogP contribution >= 0.6 is 0 Å². The van der Waals surface area contributed by atoms with E-state index in [0.29, 0.717) is 0 Å². The Labute approximate surface area is 68.3 Å². The van der Waals surface area contributed by atoms with Crippen molar-refractivity contribution in [3.05, 3.63) is 12.7 Å². The predicted octanol–water partition coefficient (Wildman–Crippen LogP) is 1.07. The van der Waals surface area contributed by atoms with Crippen LogP contribution in [0.25, 0.3) is 0 Å². The Bertz CT molecular complexity index is 142. The summed E-state index contributed by atoms with van der Waals surface area (Å²) >= 11 is 0. The summed E-state index contributed by atoms with van der Waals surface area (Å²) in [5, 5.41) is 13.0. The van der Waals surface area contributed by atoms with E-state index in [1.54, 1.807) is 0 Å². The molecule has 1 fully saturated rings. The van der Waals surface area contributed by atoms with Crippen LogP contribution in [0.5, 0.6) is 0 Å². The minimum absolute atomic E-state index is 0.264. The molecule has 0 aliphatic heterocycles. The smallest absolute Gasteiger partial charge is 0.0772 e. The van der Waals surface area contributed by atoms with Crippen LogP contribution in [0.2, 0.25) is 0 Å². The molecule has 0 aromatic rings. The van der Waals surface area contributed by atoms with Crippen molar-refractivity contribution in [1.82, 2.24) is 5.32 Å². The molecule has 2 N–H and O–H groups in total. The van der Waals surface area contributed by atoms with Crippen molar-refractivity contribution in [3.63, 3.8) is 0 Å². The van der Waals surface area contributed by atoms with Crippen molar-refractivity contribution in [2.45, 2.75) is 37.8 Å². The Kier molecular flexibility index (Phi) is 2.68. The summed E-state index contributed by atoms with van der Waals surface area (Å²) in [6.07, 6.45) is 4.96. The van der Waals surface area contributed by atoms with E-state index in [1.807, 2.05) is 13.0 Å². The third-order valence-electron chi connectivity index (χ3n) is 2.44. The van der Waals surface area contributed by atoms with E-state index < -0.39 is 5.60 Å². The Morgan fingerprint density at radius 1 is 1.82 bits per heavy atom. The van der Waals surface area contributed by atoms with E-state index in [1.165, 1.54) is 0 Å². The molecule has 0 aromatic heterocycles. The summed E-state index contributed by atoms with van der Waals surface area (Å²) in [5.41, 5.74) is -0.497. The average Bonchev–Trinajstić information content (AvgIpc) is 2.25. The van der Waals surface area contributed by atoms with Crippen LogP contribution in [-0.2, 0) is 0 Å². The van der Waals surface area contributed by atoms with E-state index >= 15 is 0 Å². The van der Waals surface area contributed by atoms with Crippen LogP contribution in [0.15, 0.2) is 12.7 Å². The van der Waals surface area contributed by atoms with Gasteiger partial charge >= 0.3 is 0 Å². The van der Waals surface area contributed by atoms with Gasteiger partial charge in [0.2, 0.25) is 0 Å². The van der Waals surface area contributed by atoms with Crippen LogP contribution in [0.3, 0.4) is 0 Å². The van der Waals surface area contributed by atoms with E-state index in [2.05, 4.69) is 11.9 Å². The van der Waals surface area contributed by atoms with Crippen molar-refractivity contribution in [3.8, 4) is 0 Å². The molecule has 1 aliphatic carbocycles. The summed E-state index contributed by atoms with van der Waals surface area (Å²) < 4.78 is 0. The predicted molar refractivity (Wildman–Crippen MR) is 46.5 cm³/mol. The van der Waals surface area contributed by atoms with Crippen molar-refractivity contribution in [2.75, 3.05) is 6.54 Å². The SMILES string of the molecule is C=CCNC1CCCC1(C)O. The first-order valence-corrected chi connectivity index (χ1v) is 4.23. The molecule has 0 aromatic carbocycles. The van der Waals surface area contributed by atoms with Crippen LogP contribution in [0, 0.1) is 0 Å². The fraction of sp³-hybridized carbons (Fsp3) is 0.778. The van der Waals surface area contributed by atoms with E-state index in [0.717, 1.165) is 25.8 Å². The largest absolute Gasteiger partial charge is 0.389 e. The maximum absolute atomic E-state index is 9.78. The van der Waals surface area contributed by atoms with Crippen molar-refractivity contribution in [1.29, 1.82) is 0 Å². The van der Waals surface area contributed by atoms with Gasteiger partial charge in [0.15, 0.2) is 0 Å². The molecule has 0 heterocycles. The molecule has 0 saturated heterocycles. The molecule has 2 unspecified atom stereocenters. The molecular weight excluding hydrogens is 138 g/mol. The first-order chi connectivity index (χ1) is 5.17. The van der Waals surface area contributed by atoms with Gasteiger partial charge in [0.05, 0.1) is 5.60 Å². The van der Waals surface area contributed by atoms with Crippen molar-refractivity contribution in [2.24, 2.45) is 0 Å². The topological polar surface area (TPSA) is 32.3 Å². The molecule has 0 spiro atoms. The Morgan fingerprint density at radius 2 is 2.55 bits per heavy atom. The molecule has 0 bridgehead atoms. The quantitative estimate of drug-likeness (QED) is 0.597. The Hall–Kier alpha value is -0.340. The second-order valence-electron chi connectivity index (χ2n) is 3.50. The normalized spacial score (nSPS) is 37.5. The third kappa shape index (κ3) is 2.04. The molecule has 0 radical (unpaired) electrons. The molecule has 2 nitrogen and oxygen atoms in total. The molecule has 1 saturated carbocycles. The summed E-state index contributed by atoms with van der Waals surface area (Å²) in [6.45, 7) is 6.32. The summed E-state index contributed by atoms with van der Waals surface area (Å²) in [7, 11) is 0. The molecule has 2 atom stereocenters. The monoisotopic (exact) mass is 155 g/mol. The first-order valence-electron chi connectivity index (χ1n) is 4.23. The number of nitrogens with one attached hydrogen (secondary N) is 1. The zero-order valence-corrected chi connectivity index (χ0v) is 7.14. The van der Waals surface area contributed by atoms with Gasteiger partial charge < -0.3 is 10.4 Å². The highest BCUT2D eigenvalue weighted by atomic mass is 16.3. The van der Waals surface area contributed by atoms with Gasteiger partial charge in [-0.25, -0.2) is 0 Å². The van der Waals surface area contributed by atoms with Gasteiger partial charge in [0.25, 0.3) is 0 Å². The maximum atomic E-state index is 9.78. The highest BCUT2D eigenvalue weighted by molar-refractivity contribution is 4.94. The molecule has 1 rings (SSSR count). The number of hydrogen-bond donors (Lipinski definition) is 2. The van der Waals surface area contributed by atoms with Gasteiger partial charge in [-0.05, 0) is 26.2 Å². The molecule has 0 amide bonds. The molecule has 11 heavy (non-hydrogen) atoms. The number of hydrogen-bond acceptors (Lipinski definition) is 2. The van der Waals surface area contributed by atoms with Gasteiger partial charge in [-0.2, -0.15) is 0 Å². The molecule has 64 valence electrons. The number of rotatable bonds is 3. The van der Waals surface area contributed by atoms with E-state index in [4.69, 9.17) is 0 Å². The van der Waals surface area contributed by atoms with Crippen LogP contribution in [0.1, 0.15) is 26.2 Å². The average molecular weight is 155 g/mol. The highest BCUT2D eigenvalue weighted by Crippen LogP contribution is 2.28. The lowest BCUT2D eigenvalue weighted by atomic mass is 10.0. The third-order valence-corrected chi connectivity index (χ3v) is 2.44. The minimum atomic E-state index is -0.497. The van der Waals surface area contributed by atoms with E-state index in [9.17, 15) is 5.11 Å². The van der Waals surface area contributed by atoms with Crippen molar-refractivity contribution >= 4 is 0 Å². The fourth-order valence-electron chi connectivity index (χ4n) is 1.70. The maximum Gasteiger partial charge on any atom is 0.0772 e. The summed E-state index contributed by atoms with van der Waals surface area (Å²) in [5.74, 6) is 0. The Balaban J connectivity index is 2.38. The molecule has 1 aliphatic rings. The highest BCUT2D eigenvalue weighted by Gasteiger charge is 2.35. The Morgan fingerprint density at radius 3 is 3.00 bits per heavy atom. The lowest BCUT2D eigenvalue weighted by Gasteiger charge is -2.25. The lowest BCUT2D eigenvalue weighted by Crippen LogP contribution is -2.44. The van der Waals surface area contributed by atoms with Crippen molar-refractivity contribution < 1.29 is 5.11 Å². The zero-order valence-electron chi connectivity index (χ0n) is 7.14. The second kappa shape index (κ2) is 3.37. The lowest BCUT2D eigenvalue weighted by molar-refractivity contribution is 0.0406. The van der Waals surface area contributed by atoms with Gasteiger partial charge in [-0.3, -0.25) is 0 Å². The number of aliphatic hydroxyl groups is 1.